The monoisotopic (exact) mass is 282 g/mol. The van der Waals surface area contributed by atoms with Crippen LogP contribution in [-0.2, 0) is 0 Å². The van der Waals surface area contributed by atoms with Crippen molar-refractivity contribution in [3.63, 3.8) is 0 Å². The Balaban J connectivity index is 2.18. The topological polar surface area (TPSA) is 83.8 Å². The predicted molar refractivity (Wildman–Crippen MR) is 77.6 cm³/mol. The van der Waals surface area contributed by atoms with Gasteiger partial charge in [0.1, 0.15) is 0 Å². The van der Waals surface area contributed by atoms with Gasteiger partial charge in [0.2, 0.25) is 0 Å². The molecule has 21 heavy (non-hydrogen) atoms. The second-order valence-corrected chi connectivity index (χ2v) is 4.86. The molecule has 106 valence electrons. The molecule has 6 nitrogen and oxygen atoms in total. The average molecular weight is 282 g/mol. The number of nitrogens with one attached hydrogen (secondary N) is 1. The summed E-state index contributed by atoms with van der Waals surface area (Å²) in [6, 6.07) is 7.24. The molecule has 0 fully saturated rings. The number of pyridine rings is 1. The van der Waals surface area contributed by atoms with Gasteiger partial charge in [0.15, 0.2) is 5.69 Å². The Labute approximate surface area is 121 Å². The molecule has 0 amide bonds. The Bertz CT molecular complexity index is 799. The van der Waals surface area contributed by atoms with E-state index < -0.39 is 5.97 Å². The van der Waals surface area contributed by atoms with Gasteiger partial charge in [-0.05, 0) is 38.1 Å². The normalized spacial score (nSPS) is 10.8. The van der Waals surface area contributed by atoms with Gasteiger partial charge >= 0.3 is 5.97 Å². The lowest BCUT2D eigenvalue weighted by molar-refractivity contribution is 0.0690. The molecule has 0 bridgehead atoms. The van der Waals surface area contributed by atoms with E-state index in [2.05, 4.69) is 15.1 Å². The zero-order valence-electron chi connectivity index (χ0n) is 11.7. The van der Waals surface area contributed by atoms with Crippen LogP contribution in [0.2, 0.25) is 0 Å². The molecule has 0 aliphatic rings. The molecule has 0 radical (unpaired) electrons. The third-order valence-corrected chi connectivity index (χ3v) is 3.19. The van der Waals surface area contributed by atoms with E-state index in [0.717, 1.165) is 22.6 Å². The number of carboxylic acid groups (broad SMARTS) is 1. The van der Waals surface area contributed by atoms with E-state index in [0.29, 0.717) is 5.69 Å². The van der Waals surface area contributed by atoms with E-state index in [-0.39, 0.29) is 5.69 Å². The van der Waals surface area contributed by atoms with Crippen LogP contribution in [0.4, 0.5) is 0 Å². The van der Waals surface area contributed by atoms with Gasteiger partial charge in [-0.3, -0.25) is 4.98 Å². The van der Waals surface area contributed by atoms with Gasteiger partial charge in [-0.2, -0.15) is 5.10 Å². The highest BCUT2D eigenvalue weighted by atomic mass is 16.4. The zero-order valence-corrected chi connectivity index (χ0v) is 11.7. The number of aryl methyl sites for hydroxylation is 2. The number of aromatic amines is 1. The van der Waals surface area contributed by atoms with Crippen LogP contribution in [0.3, 0.4) is 0 Å². The average Bonchev–Trinajstić information content (AvgIpc) is 3.05. The molecule has 2 N–H and O–H groups in total. The minimum atomic E-state index is -1.05. The number of carbonyl (C=O) groups is 1. The smallest absolute Gasteiger partial charge is 0.356 e. The number of aromatic carboxylic acids is 1. The molecule has 0 saturated carbocycles. The third-order valence-electron chi connectivity index (χ3n) is 3.19. The van der Waals surface area contributed by atoms with E-state index in [4.69, 9.17) is 5.11 Å². The Morgan fingerprint density at radius 1 is 1.29 bits per heavy atom. The van der Waals surface area contributed by atoms with Crippen molar-refractivity contribution in [1.82, 2.24) is 19.7 Å². The van der Waals surface area contributed by atoms with Crippen molar-refractivity contribution >= 4 is 5.97 Å². The van der Waals surface area contributed by atoms with Crippen LogP contribution in [0.5, 0.6) is 0 Å². The molecule has 3 aromatic heterocycles. The van der Waals surface area contributed by atoms with E-state index in [9.17, 15) is 4.79 Å². The second-order valence-electron chi connectivity index (χ2n) is 4.86. The first-order chi connectivity index (χ1) is 10.0. The molecule has 0 aliphatic carbocycles. The molecule has 0 unspecified atom stereocenters. The highest BCUT2D eigenvalue weighted by Crippen LogP contribution is 2.24. The number of nitrogens with zero attached hydrogens (tertiary/aromatic N) is 3. The predicted octanol–water partition coefficient (Wildman–Crippen LogP) is 2.58. The molecular weight excluding hydrogens is 268 g/mol. The fourth-order valence-electron chi connectivity index (χ4n) is 2.13. The Morgan fingerprint density at radius 3 is 2.67 bits per heavy atom. The molecule has 3 heterocycles. The standard InChI is InChI=1S/C15H14N4O2/c1-9-3-4-12(8-17-9)19-14(6-13(18-19)15(20)21)11-5-10(2)16-7-11/h3-8,16H,1-2H3,(H,20,21). The highest BCUT2D eigenvalue weighted by molar-refractivity contribution is 5.87. The van der Waals surface area contributed by atoms with Crippen LogP contribution in [-0.4, -0.2) is 30.8 Å². The second kappa shape index (κ2) is 4.90. The summed E-state index contributed by atoms with van der Waals surface area (Å²) < 4.78 is 1.60. The molecule has 0 spiro atoms. The number of H-pyrrole nitrogens is 1. The van der Waals surface area contributed by atoms with Crippen molar-refractivity contribution < 1.29 is 9.90 Å². The first-order valence-corrected chi connectivity index (χ1v) is 6.46. The maximum Gasteiger partial charge on any atom is 0.356 e. The first-order valence-electron chi connectivity index (χ1n) is 6.46. The number of carboxylic acids is 1. The summed E-state index contributed by atoms with van der Waals surface area (Å²) in [6.45, 7) is 3.84. The maximum atomic E-state index is 11.2. The summed E-state index contributed by atoms with van der Waals surface area (Å²) in [4.78, 5) is 18.5. The lowest BCUT2D eigenvalue weighted by atomic mass is 10.2. The number of rotatable bonds is 3. The largest absolute Gasteiger partial charge is 0.476 e. The molecular formula is C15H14N4O2. The van der Waals surface area contributed by atoms with Crippen LogP contribution in [0.15, 0.2) is 36.7 Å². The van der Waals surface area contributed by atoms with Crippen molar-refractivity contribution in [1.29, 1.82) is 0 Å². The summed E-state index contributed by atoms with van der Waals surface area (Å²) in [5.74, 6) is -1.05. The molecule has 3 rings (SSSR count). The molecule has 6 heteroatoms. The first kappa shape index (κ1) is 13.1. The Morgan fingerprint density at radius 2 is 2.10 bits per heavy atom. The summed E-state index contributed by atoms with van der Waals surface area (Å²) in [5, 5.41) is 13.3. The Kier molecular flexibility index (Phi) is 3.06. The lowest BCUT2D eigenvalue weighted by Gasteiger charge is -2.05. The fraction of sp³-hybridized carbons (Fsp3) is 0.133. The molecule has 0 saturated heterocycles. The quantitative estimate of drug-likeness (QED) is 0.773. The van der Waals surface area contributed by atoms with Crippen LogP contribution in [0.25, 0.3) is 16.9 Å². The summed E-state index contributed by atoms with van der Waals surface area (Å²) in [7, 11) is 0. The van der Waals surface area contributed by atoms with Crippen molar-refractivity contribution in [3.05, 3.63) is 53.7 Å². The maximum absolute atomic E-state index is 11.2. The van der Waals surface area contributed by atoms with E-state index in [1.807, 2.05) is 38.2 Å². The summed E-state index contributed by atoms with van der Waals surface area (Å²) in [6.07, 6.45) is 3.51. The highest BCUT2D eigenvalue weighted by Gasteiger charge is 2.16. The fourth-order valence-corrected chi connectivity index (χ4v) is 2.13. The number of hydrogen-bond donors (Lipinski definition) is 2. The van der Waals surface area contributed by atoms with E-state index >= 15 is 0 Å². The molecule has 0 aliphatic heterocycles. The van der Waals surface area contributed by atoms with Gasteiger partial charge in [0, 0.05) is 23.1 Å². The van der Waals surface area contributed by atoms with Crippen LogP contribution in [0.1, 0.15) is 21.9 Å². The van der Waals surface area contributed by atoms with Gasteiger partial charge < -0.3 is 10.1 Å². The zero-order chi connectivity index (χ0) is 15.0. The number of aromatic nitrogens is 4. The van der Waals surface area contributed by atoms with Gasteiger partial charge in [-0.1, -0.05) is 0 Å². The Hall–Kier alpha value is -2.89. The van der Waals surface area contributed by atoms with Crippen LogP contribution < -0.4 is 0 Å². The van der Waals surface area contributed by atoms with Crippen LogP contribution in [0, 0.1) is 13.8 Å². The molecule has 0 atom stereocenters. The van der Waals surface area contributed by atoms with Gasteiger partial charge in [0.05, 0.1) is 17.6 Å². The van der Waals surface area contributed by atoms with E-state index in [1.165, 1.54) is 0 Å². The SMILES string of the molecule is Cc1ccc(-n2nc(C(=O)O)cc2-c2c[nH]c(C)c2)cn1. The van der Waals surface area contributed by atoms with Gasteiger partial charge in [0.25, 0.3) is 0 Å². The summed E-state index contributed by atoms with van der Waals surface area (Å²) in [5.41, 5.74) is 4.21. The van der Waals surface area contributed by atoms with E-state index in [1.54, 1.807) is 16.9 Å². The van der Waals surface area contributed by atoms with Gasteiger partial charge in [-0.25, -0.2) is 9.48 Å². The third kappa shape index (κ3) is 2.43. The van der Waals surface area contributed by atoms with Gasteiger partial charge in [-0.15, -0.1) is 0 Å². The lowest BCUT2D eigenvalue weighted by Crippen LogP contribution is -2.02. The van der Waals surface area contributed by atoms with Crippen molar-refractivity contribution in [2.75, 3.05) is 0 Å². The minimum Gasteiger partial charge on any atom is -0.476 e. The minimum absolute atomic E-state index is 0.00410. The van der Waals surface area contributed by atoms with Crippen molar-refractivity contribution in [3.8, 4) is 16.9 Å². The summed E-state index contributed by atoms with van der Waals surface area (Å²) >= 11 is 0. The molecule has 3 aromatic rings. The van der Waals surface area contributed by atoms with Crippen molar-refractivity contribution in [2.45, 2.75) is 13.8 Å². The van der Waals surface area contributed by atoms with Crippen LogP contribution >= 0.6 is 0 Å². The van der Waals surface area contributed by atoms with Crippen molar-refractivity contribution in [2.24, 2.45) is 0 Å². The number of hydrogen-bond acceptors (Lipinski definition) is 3. The molecule has 0 aromatic carbocycles.